The summed E-state index contributed by atoms with van der Waals surface area (Å²) in [6, 6.07) is 0. The molecule has 0 fully saturated rings. The first-order valence-corrected chi connectivity index (χ1v) is 3.24. The van der Waals surface area contributed by atoms with E-state index >= 15 is 0 Å². The Hall–Kier alpha value is -0.960. The number of rotatable bonds is 2. The van der Waals surface area contributed by atoms with Crippen LogP contribution >= 0.6 is 0 Å². The number of aliphatic imine (C=N–C) groups is 2. The molecule has 0 aromatic rings. The Balaban J connectivity index is 2.81. The minimum Gasteiger partial charge on any atom is -0.311 e. The molecule has 0 saturated carbocycles. The summed E-state index contributed by atoms with van der Waals surface area (Å²) in [5.74, 6) is 0. The minimum atomic E-state index is 0.776. The fraction of sp³-hybridized carbons (Fsp3) is 0.429. The summed E-state index contributed by atoms with van der Waals surface area (Å²) in [6.07, 6.45) is 0.915. The first-order valence-electron chi connectivity index (χ1n) is 3.24. The molecule has 3 nitrogen and oxygen atoms in total. The lowest BCUT2D eigenvalue weighted by atomic mass is 10.2. The third kappa shape index (κ3) is 1.30. The van der Waals surface area contributed by atoms with Gasteiger partial charge in [-0.3, -0.25) is 9.98 Å². The van der Waals surface area contributed by atoms with Crippen molar-refractivity contribution in [2.45, 2.75) is 6.42 Å². The van der Waals surface area contributed by atoms with Gasteiger partial charge in [-0.15, -0.1) is 0 Å². The molecule has 1 aliphatic rings. The van der Waals surface area contributed by atoms with E-state index in [1.165, 1.54) is 0 Å². The summed E-state index contributed by atoms with van der Waals surface area (Å²) in [4.78, 5) is 7.69. The molecular formula is C7H11N3. The van der Waals surface area contributed by atoms with Crippen LogP contribution in [0.25, 0.3) is 0 Å². The predicted octanol–water partition coefficient (Wildman–Crippen LogP) is 0.593. The minimum absolute atomic E-state index is 0.776. The molecule has 0 atom stereocenters. The lowest BCUT2D eigenvalue weighted by Gasteiger charge is -2.13. The van der Waals surface area contributed by atoms with Crippen molar-refractivity contribution >= 4 is 13.4 Å². The molecule has 10 heavy (non-hydrogen) atoms. The molecule has 0 bridgehead atoms. The molecule has 0 aromatic carbocycles. The fourth-order valence-electron chi connectivity index (χ4n) is 0.977. The quantitative estimate of drug-likeness (QED) is 0.556. The Morgan fingerprint density at radius 1 is 1.20 bits per heavy atom. The van der Waals surface area contributed by atoms with Gasteiger partial charge in [0.25, 0.3) is 0 Å². The highest BCUT2D eigenvalue weighted by atomic mass is 14.9. The third-order valence-electron chi connectivity index (χ3n) is 1.55. The van der Waals surface area contributed by atoms with E-state index in [0.29, 0.717) is 0 Å². The van der Waals surface area contributed by atoms with Gasteiger partial charge in [0.2, 0.25) is 0 Å². The van der Waals surface area contributed by atoms with E-state index in [0.717, 1.165) is 30.9 Å². The van der Waals surface area contributed by atoms with Crippen LogP contribution in [0.2, 0.25) is 0 Å². The zero-order chi connectivity index (χ0) is 7.40. The van der Waals surface area contributed by atoms with E-state index in [4.69, 9.17) is 0 Å². The first kappa shape index (κ1) is 7.15. The SMILES string of the molecule is C=NC1=C(N=C)CNCC1. The van der Waals surface area contributed by atoms with Gasteiger partial charge >= 0.3 is 0 Å². The van der Waals surface area contributed by atoms with Gasteiger partial charge in [0.05, 0.1) is 11.4 Å². The lowest BCUT2D eigenvalue weighted by Crippen LogP contribution is -2.23. The maximum Gasteiger partial charge on any atom is 0.0748 e. The molecule has 0 unspecified atom stereocenters. The maximum atomic E-state index is 3.86. The largest absolute Gasteiger partial charge is 0.311 e. The maximum absolute atomic E-state index is 3.86. The summed E-state index contributed by atoms with van der Waals surface area (Å²) in [7, 11) is 0. The molecule has 0 saturated heterocycles. The van der Waals surface area contributed by atoms with Crippen molar-refractivity contribution in [3.63, 3.8) is 0 Å². The Morgan fingerprint density at radius 3 is 2.40 bits per heavy atom. The fourth-order valence-corrected chi connectivity index (χ4v) is 0.977. The standard InChI is InChI=1S/C7H11N3/c1-8-6-3-4-10-5-7(6)9-2/h10H,1-5H2. The number of nitrogens with zero attached hydrogens (tertiary/aromatic N) is 2. The number of nitrogens with one attached hydrogen (secondary N) is 1. The van der Waals surface area contributed by atoms with E-state index in [1.54, 1.807) is 0 Å². The highest BCUT2D eigenvalue weighted by Crippen LogP contribution is 2.12. The third-order valence-corrected chi connectivity index (χ3v) is 1.55. The van der Waals surface area contributed by atoms with Crippen LogP contribution in [0.1, 0.15) is 6.42 Å². The normalized spacial score (nSPS) is 18.8. The van der Waals surface area contributed by atoms with Gasteiger partial charge in [0.1, 0.15) is 0 Å². The molecule has 1 heterocycles. The molecule has 0 aliphatic carbocycles. The van der Waals surface area contributed by atoms with Crippen LogP contribution in [0.4, 0.5) is 0 Å². The molecule has 0 radical (unpaired) electrons. The Kier molecular flexibility index (Phi) is 2.34. The molecule has 0 amide bonds. The van der Waals surface area contributed by atoms with Crippen molar-refractivity contribution in [3.05, 3.63) is 11.4 Å². The molecule has 54 valence electrons. The van der Waals surface area contributed by atoms with Crippen LogP contribution in [0.15, 0.2) is 21.4 Å². The van der Waals surface area contributed by atoms with Crippen LogP contribution in [0, 0.1) is 0 Å². The van der Waals surface area contributed by atoms with Gasteiger partial charge in [0, 0.05) is 19.5 Å². The van der Waals surface area contributed by atoms with Crippen LogP contribution < -0.4 is 5.32 Å². The zero-order valence-electron chi connectivity index (χ0n) is 5.93. The molecule has 0 spiro atoms. The molecule has 1 rings (SSSR count). The second kappa shape index (κ2) is 3.27. The summed E-state index contributed by atoms with van der Waals surface area (Å²) >= 11 is 0. The molecule has 0 aromatic heterocycles. The first-order chi connectivity index (χ1) is 4.88. The average molecular weight is 137 g/mol. The Bertz CT molecular complexity index is 161. The average Bonchev–Trinajstić information content (AvgIpc) is 2.04. The van der Waals surface area contributed by atoms with Crippen molar-refractivity contribution in [3.8, 4) is 0 Å². The molecule has 3 heteroatoms. The number of hydrogen-bond acceptors (Lipinski definition) is 3. The zero-order valence-corrected chi connectivity index (χ0v) is 5.93. The van der Waals surface area contributed by atoms with Gasteiger partial charge in [-0.2, -0.15) is 0 Å². The molecule has 1 aliphatic heterocycles. The van der Waals surface area contributed by atoms with Crippen LogP contribution in [0.3, 0.4) is 0 Å². The summed E-state index contributed by atoms with van der Waals surface area (Å²) in [5, 5.41) is 3.17. The number of hydrogen-bond donors (Lipinski definition) is 1. The molecule has 1 N–H and O–H groups in total. The van der Waals surface area contributed by atoms with Crippen molar-refractivity contribution < 1.29 is 0 Å². The van der Waals surface area contributed by atoms with Gasteiger partial charge in [0.15, 0.2) is 0 Å². The van der Waals surface area contributed by atoms with E-state index < -0.39 is 0 Å². The summed E-state index contributed by atoms with van der Waals surface area (Å²) in [6.45, 7) is 8.65. The predicted molar refractivity (Wildman–Crippen MR) is 43.6 cm³/mol. The van der Waals surface area contributed by atoms with Crippen molar-refractivity contribution in [1.29, 1.82) is 0 Å². The second-order valence-electron chi connectivity index (χ2n) is 2.14. The summed E-state index contributed by atoms with van der Waals surface area (Å²) < 4.78 is 0. The van der Waals surface area contributed by atoms with Gasteiger partial charge < -0.3 is 5.32 Å². The second-order valence-corrected chi connectivity index (χ2v) is 2.14. The van der Waals surface area contributed by atoms with Crippen molar-refractivity contribution in [1.82, 2.24) is 5.32 Å². The molecular weight excluding hydrogens is 126 g/mol. The van der Waals surface area contributed by atoms with Crippen molar-refractivity contribution in [2.75, 3.05) is 13.1 Å². The summed E-state index contributed by atoms with van der Waals surface area (Å²) in [5.41, 5.74) is 1.91. The Morgan fingerprint density at radius 2 is 1.90 bits per heavy atom. The highest BCUT2D eigenvalue weighted by molar-refractivity contribution is 5.36. The van der Waals surface area contributed by atoms with E-state index in [1.807, 2.05) is 0 Å². The van der Waals surface area contributed by atoms with Gasteiger partial charge in [-0.25, -0.2) is 0 Å². The van der Waals surface area contributed by atoms with Crippen LogP contribution in [-0.2, 0) is 0 Å². The van der Waals surface area contributed by atoms with E-state index in [2.05, 4.69) is 28.7 Å². The van der Waals surface area contributed by atoms with Gasteiger partial charge in [-0.05, 0) is 13.4 Å². The van der Waals surface area contributed by atoms with Gasteiger partial charge in [-0.1, -0.05) is 0 Å². The smallest absolute Gasteiger partial charge is 0.0748 e. The highest BCUT2D eigenvalue weighted by Gasteiger charge is 2.07. The lowest BCUT2D eigenvalue weighted by molar-refractivity contribution is 0.669. The van der Waals surface area contributed by atoms with E-state index in [-0.39, 0.29) is 0 Å². The topological polar surface area (TPSA) is 36.8 Å². The van der Waals surface area contributed by atoms with E-state index in [9.17, 15) is 0 Å². The van der Waals surface area contributed by atoms with Crippen molar-refractivity contribution in [2.24, 2.45) is 9.98 Å². The monoisotopic (exact) mass is 137 g/mol. The Labute approximate surface area is 60.6 Å². The van der Waals surface area contributed by atoms with Crippen LogP contribution in [-0.4, -0.2) is 26.5 Å². The van der Waals surface area contributed by atoms with Crippen LogP contribution in [0.5, 0.6) is 0 Å².